The fourth-order valence-electron chi connectivity index (χ4n) is 3.27. The molecule has 0 bridgehead atoms. The minimum absolute atomic E-state index is 0.0121. The van der Waals surface area contributed by atoms with Gasteiger partial charge in [-0.3, -0.25) is 9.59 Å². The minimum atomic E-state index is -0.325. The van der Waals surface area contributed by atoms with Gasteiger partial charge in [0.05, 0.1) is 17.6 Å². The maximum Gasteiger partial charge on any atom is 0.409 e. The van der Waals surface area contributed by atoms with Crippen LogP contribution in [0.25, 0.3) is 0 Å². The second-order valence-corrected chi connectivity index (χ2v) is 7.74. The molecule has 3 rings (SSSR count). The fourth-order valence-corrected chi connectivity index (χ4v) is 4.29. The summed E-state index contributed by atoms with van der Waals surface area (Å²) in [6, 6.07) is 7.81. The lowest BCUT2D eigenvalue weighted by molar-refractivity contribution is -0.129. The molecule has 0 aliphatic carbocycles. The van der Waals surface area contributed by atoms with Gasteiger partial charge in [0.15, 0.2) is 0 Å². The third kappa shape index (κ3) is 4.94. The molecule has 2 aliphatic rings. The Balaban J connectivity index is 1.46. The standard InChI is InChI=1S/C19H25N3O4S/c1-2-26-19(25)22-11-9-21(10-12-22)17(23)13-27-16-8-7-14-5-3-4-6-15(14)20-18(16)24/h3-6,16H,2,7-13H2,1H3,(H,20,24)/t16-/m1/s1. The number of hydrogen-bond acceptors (Lipinski definition) is 5. The van der Waals surface area contributed by atoms with Crippen LogP contribution in [0.15, 0.2) is 24.3 Å². The molecule has 0 aromatic heterocycles. The number of benzene rings is 1. The number of aryl methyl sites for hydroxylation is 1. The molecule has 1 N–H and O–H groups in total. The first kappa shape index (κ1) is 19.5. The summed E-state index contributed by atoms with van der Waals surface area (Å²) in [5.41, 5.74) is 2.00. The van der Waals surface area contributed by atoms with E-state index in [4.69, 9.17) is 4.74 Å². The Bertz CT molecular complexity index is 704. The van der Waals surface area contributed by atoms with E-state index in [0.717, 1.165) is 24.1 Å². The summed E-state index contributed by atoms with van der Waals surface area (Å²) < 4.78 is 4.99. The van der Waals surface area contributed by atoms with E-state index in [1.807, 2.05) is 24.3 Å². The number of rotatable bonds is 4. The van der Waals surface area contributed by atoms with E-state index >= 15 is 0 Å². The Hall–Kier alpha value is -2.22. The maximum atomic E-state index is 12.5. The summed E-state index contributed by atoms with van der Waals surface area (Å²) in [6.07, 6.45) is 1.21. The Morgan fingerprint density at radius 2 is 1.89 bits per heavy atom. The van der Waals surface area contributed by atoms with Crippen molar-refractivity contribution in [3.05, 3.63) is 29.8 Å². The van der Waals surface area contributed by atoms with Crippen LogP contribution in [0.4, 0.5) is 10.5 Å². The van der Waals surface area contributed by atoms with E-state index in [9.17, 15) is 14.4 Å². The molecule has 8 heteroatoms. The van der Waals surface area contributed by atoms with Gasteiger partial charge < -0.3 is 19.9 Å². The molecule has 7 nitrogen and oxygen atoms in total. The number of amides is 3. The summed E-state index contributed by atoms with van der Waals surface area (Å²) in [5, 5.41) is 2.73. The summed E-state index contributed by atoms with van der Waals surface area (Å²) in [5.74, 6) is 0.247. The van der Waals surface area contributed by atoms with E-state index in [-0.39, 0.29) is 28.9 Å². The van der Waals surface area contributed by atoms with Gasteiger partial charge in [-0.2, -0.15) is 0 Å². The minimum Gasteiger partial charge on any atom is -0.450 e. The molecule has 0 spiro atoms. The molecule has 2 aliphatic heterocycles. The van der Waals surface area contributed by atoms with E-state index in [1.165, 1.54) is 11.8 Å². The van der Waals surface area contributed by atoms with Crippen molar-refractivity contribution in [3.8, 4) is 0 Å². The number of anilines is 1. The van der Waals surface area contributed by atoms with Crippen molar-refractivity contribution in [3.63, 3.8) is 0 Å². The first-order valence-corrected chi connectivity index (χ1v) is 10.3. The van der Waals surface area contributed by atoms with E-state index in [1.54, 1.807) is 16.7 Å². The van der Waals surface area contributed by atoms with E-state index in [0.29, 0.717) is 32.8 Å². The number of carbonyl (C=O) groups excluding carboxylic acids is 3. The molecular weight excluding hydrogens is 366 g/mol. The van der Waals surface area contributed by atoms with Crippen LogP contribution in [-0.2, 0) is 20.7 Å². The second-order valence-electron chi connectivity index (χ2n) is 6.55. The van der Waals surface area contributed by atoms with Crippen LogP contribution in [0.1, 0.15) is 18.9 Å². The zero-order chi connectivity index (χ0) is 19.2. The number of thioether (sulfide) groups is 1. The molecule has 0 radical (unpaired) electrons. The molecule has 0 saturated carbocycles. The van der Waals surface area contributed by atoms with Crippen LogP contribution in [0.3, 0.4) is 0 Å². The molecule has 2 heterocycles. The summed E-state index contributed by atoms with van der Waals surface area (Å²) in [6.45, 7) is 4.09. The van der Waals surface area contributed by atoms with Crippen LogP contribution in [0.5, 0.6) is 0 Å². The molecule has 1 fully saturated rings. The molecular formula is C19H25N3O4S. The number of carbonyl (C=O) groups is 3. The number of ether oxygens (including phenoxy) is 1. The molecule has 0 unspecified atom stereocenters. The number of piperazine rings is 1. The lowest BCUT2D eigenvalue weighted by atomic mass is 10.1. The summed E-state index contributed by atoms with van der Waals surface area (Å²) in [7, 11) is 0. The van der Waals surface area contributed by atoms with E-state index < -0.39 is 0 Å². The van der Waals surface area contributed by atoms with Gasteiger partial charge in [-0.15, -0.1) is 11.8 Å². The molecule has 27 heavy (non-hydrogen) atoms. The van der Waals surface area contributed by atoms with Crippen molar-refractivity contribution >= 4 is 35.4 Å². The molecule has 1 atom stereocenters. The lowest BCUT2D eigenvalue weighted by Crippen LogP contribution is -2.51. The first-order valence-electron chi connectivity index (χ1n) is 9.28. The molecule has 1 aromatic carbocycles. The topological polar surface area (TPSA) is 79.0 Å². The van der Waals surface area contributed by atoms with Crippen molar-refractivity contribution in [2.24, 2.45) is 0 Å². The van der Waals surface area contributed by atoms with Gasteiger partial charge >= 0.3 is 6.09 Å². The van der Waals surface area contributed by atoms with E-state index in [2.05, 4.69) is 5.32 Å². The molecule has 1 saturated heterocycles. The number of nitrogens with zero attached hydrogens (tertiary/aromatic N) is 2. The number of hydrogen-bond donors (Lipinski definition) is 1. The van der Waals surface area contributed by atoms with Crippen LogP contribution < -0.4 is 5.32 Å². The average Bonchev–Trinajstić information content (AvgIpc) is 2.84. The molecule has 1 aromatic rings. The third-order valence-corrected chi connectivity index (χ3v) is 6.08. The monoisotopic (exact) mass is 391 g/mol. The van der Waals surface area contributed by atoms with Gasteiger partial charge in [-0.1, -0.05) is 18.2 Å². The fraction of sp³-hybridized carbons (Fsp3) is 0.526. The number of para-hydroxylation sites is 1. The van der Waals surface area contributed by atoms with Gasteiger partial charge in [0.2, 0.25) is 11.8 Å². The normalized spacial score (nSPS) is 19.7. The van der Waals surface area contributed by atoms with Gasteiger partial charge in [0.25, 0.3) is 0 Å². The number of fused-ring (bicyclic) bond motifs is 1. The number of nitrogens with one attached hydrogen (secondary N) is 1. The summed E-state index contributed by atoms with van der Waals surface area (Å²) >= 11 is 1.40. The summed E-state index contributed by atoms with van der Waals surface area (Å²) in [4.78, 5) is 40.0. The van der Waals surface area contributed by atoms with Crippen LogP contribution in [-0.4, -0.2) is 71.5 Å². The Morgan fingerprint density at radius 3 is 2.63 bits per heavy atom. The predicted octanol–water partition coefficient (Wildman–Crippen LogP) is 1.97. The zero-order valence-corrected chi connectivity index (χ0v) is 16.3. The Morgan fingerprint density at radius 1 is 1.19 bits per heavy atom. The van der Waals surface area contributed by atoms with Crippen molar-refractivity contribution < 1.29 is 19.1 Å². The highest BCUT2D eigenvalue weighted by atomic mass is 32.2. The first-order chi connectivity index (χ1) is 13.1. The van der Waals surface area contributed by atoms with Gasteiger partial charge in [0.1, 0.15) is 0 Å². The van der Waals surface area contributed by atoms with Gasteiger partial charge in [0, 0.05) is 31.9 Å². The quantitative estimate of drug-likeness (QED) is 0.849. The third-order valence-electron chi connectivity index (χ3n) is 4.81. The van der Waals surface area contributed by atoms with Crippen LogP contribution in [0.2, 0.25) is 0 Å². The van der Waals surface area contributed by atoms with Crippen molar-refractivity contribution in [2.75, 3.05) is 43.9 Å². The Kier molecular flexibility index (Phi) is 6.60. The van der Waals surface area contributed by atoms with Gasteiger partial charge in [-0.25, -0.2) is 4.79 Å². The zero-order valence-electron chi connectivity index (χ0n) is 15.5. The van der Waals surface area contributed by atoms with Crippen LogP contribution >= 0.6 is 11.8 Å². The predicted molar refractivity (Wildman–Crippen MR) is 105 cm³/mol. The highest BCUT2D eigenvalue weighted by Gasteiger charge is 2.28. The second kappa shape index (κ2) is 9.12. The smallest absolute Gasteiger partial charge is 0.409 e. The largest absolute Gasteiger partial charge is 0.450 e. The van der Waals surface area contributed by atoms with Crippen LogP contribution in [0, 0.1) is 0 Å². The highest BCUT2D eigenvalue weighted by Crippen LogP contribution is 2.27. The molecule has 3 amide bonds. The average molecular weight is 391 g/mol. The van der Waals surface area contributed by atoms with Gasteiger partial charge in [-0.05, 0) is 31.4 Å². The van der Waals surface area contributed by atoms with Crippen molar-refractivity contribution in [1.29, 1.82) is 0 Å². The maximum absolute atomic E-state index is 12.5. The highest BCUT2D eigenvalue weighted by molar-refractivity contribution is 8.01. The Labute approximate surface area is 163 Å². The molecule has 146 valence electrons. The van der Waals surface area contributed by atoms with Crippen molar-refractivity contribution in [1.82, 2.24) is 9.80 Å². The lowest BCUT2D eigenvalue weighted by Gasteiger charge is -2.34. The SMILES string of the molecule is CCOC(=O)N1CCN(C(=O)CS[C@@H]2CCc3ccccc3NC2=O)CC1. The van der Waals surface area contributed by atoms with Crippen molar-refractivity contribution in [2.45, 2.75) is 25.0 Å².